The number of carboxylic acids is 1. The van der Waals surface area contributed by atoms with E-state index in [0.29, 0.717) is 11.6 Å². The lowest BCUT2D eigenvalue weighted by Gasteiger charge is -2.17. The predicted molar refractivity (Wildman–Crippen MR) is 74.9 cm³/mol. The minimum atomic E-state index is -1.07. The van der Waals surface area contributed by atoms with E-state index in [0.717, 1.165) is 19.3 Å². The molecule has 112 valence electrons. The number of carbonyl (C=O) groups excluding carboxylic acids is 1. The predicted octanol–water partition coefficient (Wildman–Crippen LogP) is 1.15. The number of hydrogen-bond acceptors (Lipinski definition) is 5. The van der Waals surface area contributed by atoms with E-state index in [4.69, 9.17) is 10.2 Å². The molecular weight excluding hydrogens is 282 g/mol. The van der Waals surface area contributed by atoms with Crippen LogP contribution < -0.4 is 5.32 Å². The molecule has 0 bridgehead atoms. The molecule has 1 aromatic rings. The van der Waals surface area contributed by atoms with E-state index in [-0.39, 0.29) is 24.9 Å². The van der Waals surface area contributed by atoms with Gasteiger partial charge in [-0.25, -0.2) is 14.6 Å². The third kappa shape index (κ3) is 5.54. The number of rotatable bonds is 8. The topological polar surface area (TPSA) is 103 Å². The van der Waals surface area contributed by atoms with Gasteiger partial charge in [-0.3, -0.25) is 0 Å². The van der Waals surface area contributed by atoms with Crippen LogP contribution in [0.25, 0.3) is 0 Å². The molecular formula is C12H19N3O4S. The smallest absolute Gasteiger partial charge is 0.355 e. The molecule has 1 heterocycles. The van der Waals surface area contributed by atoms with Gasteiger partial charge in [-0.1, -0.05) is 0 Å². The Labute approximate surface area is 121 Å². The van der Waals surface area contributed by atoms with E-state index in [2.05, 4.69) is 10.3 Å². The van der Waals surface area contributed by atoms with Crippen LogP contribution >= 0.6 is 11.3 Å². The maximum absolute atomic E-state index is 11.7. The van der Waals surface area contributed by atoms with Crippen molar-refractivity contribution in [2.75, 3.05) is 20.2 Å². The molecule has 0 radical (unpaired) electrons. The summed E-state index contributed by atoms with van der Waals surface area (Å²) in [5, 5.41) is 22.1. The number of thiazole rings is 1. The highest BCUT2D eigenvalue weighted by Gasteiger charge is 2.11. The Morgan fingerprint density at radius 1 is 1.40 bits per heavy atom. The van der Waals surface area contributed by atoms with Crippen molar-refractivity contribution < 1.29 is 19.8 Å². The zero-order valence-corrected chi connectivity index (χ0v) is 12.2. The third-order valence-corrected chi connectivity index (χ3v) is 3.51. The maximum Gasteiger partial charge on any atom is 0.355 e. The molecule has 1 aromatic heterocycles. The van der Waals surface area contributed by atoms with E-state index in [1.165, 1.54) is 16.7 Å². The van der Waals surface area contributed by atoms with Gasteiger partial charge in [0.1, 0.15) is 5.01 Å². The SMILES string of the molecule is CN(CCCCCO)C(=O)NCc1nc(C(=O)O)cs1. The zero-order valence-electron chi connectivity index (χ0n) is 11.3. The molecule has 7 nitrogen and oxygen atoms in total. The van der Waals surface area contributed by atoms with Crippen molar-refractivity contribution in [3.63, 3.8) is 0 Å². The summed E-state index contributed by atoms with van der Waals surface area (Å²) in [5.41, 5.74) is -0.00314. The number of carboxylic acid groups (broad SMARTS) is 1. The lowest BCUT2D eigenvalue weighted by Crippen LogP contribution is -2.37. The number of urea groups is 1. The van der Waals surface area contributed by atoms with Crippen molar-refractivity contribution >= 4 is 23.3 Å². The van der Waals surface area contributed by atoms with Crippen molar-refractivity contribution in [1.29, 1.82) is 0 Å². The quantitative estimate of drug-likeness (QED) is 0.625. The van der Waals surface area contributed by atoms with Crippen LogP contribution in [0, 0.1) is 0 Å². The second kappa shape index (κ2) is 8.49. The molecule has 0 spiro atoms. The summed E-state index contributed by atoms with van der Waals surface area (Å²) >= 11 is 1.20. The Kier molecular flexibility index (Phi) is 6.96. The Morgan fingerprint density at radius 2 is 2.15 bits per heavy atom. The van der Waals surface area contributed by atoms with Gasteiger partial charge in [0.15, 0.2) is 5.69 Å². The largest absolute Gasteiger partial charge is 0.476 e. The first-order chi connectivity index (χ1) is 9.54. The first kappa shape index (κ1) is 16.4. The van der Waals surface area contributed by atoms with Crippen molar-refractivity contribution in [3.05, 3.63) is 16.1 Å². The van der Waals surface area contributed by atoms with Gasteiger partial charge in [-0.2, -0.15) is 0 Å². The standard InChI is InChI=1S/C12H19N3O4S/c1-15(5-3-2-4-6-16)12(19)13-7-10-14-9(8-20-10)11(17)18/h8,16H,2-7H2,1H3,(H,13,19)(H,17,18). The maximum atomic E-state index is 11.7. The number of nitrogens with zero attached hydrogens (tertiary/aromatic N) is 2. The van der Waals surface area contributed by atoms with Gasteiger partial charge in [-0.15, -0.1) is 11.3 Å². The van der Waals surface area contributed by atoms with Gasteiger partial charge < -0.3 is 20.4 Å². The minimum Gasteiger partial charge on any atom is -0.476 e. The molecule has 0 aliphatic heterocycles. The summed E-state index contributed by atoms with van der Waals surface area (Å²) < 4.78 is 0. The number of unbranched alkanes of at least 4 members (excludes halogenated alkanes) is 2. The summed E-state index contributed by atoms with van der Waals surface area (Å²) in [4.78, 5) is 27.9. The molecule has 0 aromatic carbocycles. The number of hydrogen-bond donors (Lipinski definition) is 3. The Balaban J connectivity index is 2.29. The highest BCUT2D eigenvalue weighted by molar-refractivity contribution is 7.09. The normalized spacial score (nSPS) is 10.3. The second-order valence-corrected chi connectivity index (χ2v) is 5.24. The van der Waals surface area contributed by atoms with Gasteiger partial charge in [-0.05, 0) is 19.3 Å². The highest BCUT2D eigenvalue weighted by atomic mass is 32.1. The fraction of sp³-hybridized carbons (Fsp3) is 0.583. The molecule has 0 aliphatic rings. The molecule has 0 unspecified atom stereocenters. The Hall–Kier alpha value is -1.67. The van der Waals surface area contributed by atoms with Crippen LogP contribution in [-0.4, -0.2) is 52.3 Å². The van der Waals surface area contributed by atoms with E-state index >= 15 is 0 Å². The number of carbonyl (C=O) groups is 2. The lowest BCUT2D eigenvalue weighted by molar-refractivity contribution is 0.0691. The summed E-state index contributed by atoms with van der Waals surface area (Å²) in [6.07, 6.45) is 2.46. The monoisotopic (exact) mass is 301 g/mol. The number of aliphatic hydroxyl groups is 1. The molecule has 20 heavy (non-hydrogen) atoms. The summed E-state index contributed by atoms with van der Waals surface area (Å²) in [7, 11) is 1.69. The number of aromatic nitrogens is 1. The molecule has 2 amide bonds. The molecule has 0 atom stereocenters. The lowest BCUT2D eigenvalue weighted by atomic mass is 10.2. The van der Waals surface area contributed by atoms with E-state index in [1.54, 1.807) is 11.9 Å². The van der Waals surface area contributed by atoms with Crippen LogP contribution in [0.4, 0.5) is 4.79 Å². The van der Waals surface area contributed by atoms with Gasteiger partial charge >= 0.3 is 12.0 Å². The van der Waals surface area contributed by atoms with Gasteiger partial charge in [0.2, 0.25) is 0 Å². The second-order valence-electron chi connectivity index (χ2n) is 4.30. The molecule has 8 heteroatoms. The van der Waals surface area contributed by atoms with Crippen LogP contribution in [0.1, 0.15) is 34.8 Å². The summed E-state index contributed by atoms with van der Waals surface area (Å²) in [5.74, 6) is -1.07. The molecule has 0 saturated carbocycles. The van der Waals surface area contributed by atoms with Gasteiger partial charge in [0.05, 0.1) is 6.54 Å². The van der Waals surface area contributed by atoms with E-state index in [9.17, 15) is 9.59 Å². The zero-order chi connectivity index (χ0) is 15.0. The van der Waals surface area contributed by atoms with E-state index in [1.807, 2.05) is 0 Å². The average molecular weight is 301 g/mol. The van der Waals surface area contributed by atoms with Crippen LogP contribution in [0.2, 0.25) is 0 Å². The average Bonchev–Trinajstić information content (AvgIpc) is 2.89. The third-order valence-electron chi connectivity index (χ3n) is 2.66. The summed E-state index contributed by atoms with van der Waals surface area (Å²) in [6, 6.07) is -0.221. The number of amides is 2. The molecule has 0 saturated heterocycles. The summed E-state index contributed by atoms with van der Waals surface area (Å²) in [6.45, 7) is 1.01. The first-order valence-electron chi connectivity index (χ1n) is 6.32. The van der Waals surface area contributed by atoms with Crippen LogP contribution in [0.15, 0.2) is 5.38 Å². The number of nitrogens with one attached hydrogen (secondary N) is 1. The van der Waals surface area contributed by atoms with Gasteiger partial charge in [0.25, 0.3) is 0 Å². The van der Waals surface area contributed by atoms with Crippen LogP contribution in [-0.2, 0) is 6.54 Å². The Morgan fingerprint density at radius 3 is 2.75 bits per heavy atom. The molecule has 3 N–H and O–H groups in total. The molecule has 0 aliphatic carbocycles. The van der Waals surface area contributed by atoms with Crippen molar-refractivity contribution in [3.8, 4) is 0 Å². The van der Waals surface area contributed by atoms with Crippen LogP contribution in [0.3, 0.4) is 0 Å². The fourth-order valence-corrected chi connectivity index (χ4v) is 2.22. The van der Waals surface area contributed by atoms with Crippen LogP contribution in [0.5, 0.6) is 0 Å². The van der Waals surface area contributed by atoms with Crippen molar-refractivity contribution in [2.24, 2.45) is 0 Å². The molecule has 0 fully saturated rings. The fourth-order valence-electron chi connectivity index (χ4n) is 1.52. The highest BCUT2D eigenvalue weighted by Crippen LogP contribution is 2.09. The number of aliphatic hydroxyl groups excluding tert-OH is 1. The minimum absolute atomic E-state index is 0.00314. The Bertz CT molecular complexity index is 450. The molecule has 1 rings (SSSR count). The number of aromatic carboxylic acids is 1. The van der Waals surface area contributed by atoms with Gasteiger partial charge in [0, 0.05) is 25.6 Å². The van der Waals surface area contributed by atoms with Crippen molar-refractivity contribution in [2.45, 2.75) is 25.8 Å². The van der Waals surface area contributed by atoms with Crippen molar-refractivity contribution in [1.82, 2.24) is 15.2 Å². The van der Waals surface area contributed by atoms with E-state index < -0.39 is 5.97 Å². The first-order valence-corrected chi connectivity index (χ1v) is 7.20.